The van der Waals surface area contributed by atoms with Gasteiger partial charge in [0.15, 0.2) is 5.16 Å². The fraction of sp³-hybridized carbons (Fsp3) is 0.286. The Bertz CT molecular complexity index is 577. The van der Waals surface area contributed by atoms with Gasteiger partial charge in [-0.1, -0.05) is 11.8 Å². The average molecular weight is 304 g/mol. The molecule has 0 aliphatic rings. The molecule has 0 saturated heterocycles. The highest BCUT2D eigenvalue weighted by atomic mass is 32.2. The van der Waals surface area contributed by atoms with Crippen molar-refractivity contribution in [1.29, 1.82) is 0 Å². The summed E-state index contributed by atoms with van der Waals surface area (Å²) in [5.41, 5.74) is 0.432. The van der Waals surface area contributed by atoms with E-state index in [0.29, 0.717) is 23.0 Å². The van der Waals surface area contributed by atoms with Crippen molar-refractivity contribution >= 4 is 17.7 Å². The fourth-order valence-corrected chi connectivity index (χ4v) is 1.88. The zero-order valence-corrected chi connectivity index (χ0v) is 12.6. The summed E-state index contributed by atoms with van der Waals surface area (Å²) in [4.78, 5) is 24.0. The maximum Gasteiger partial charge on any atom is 0.254 e. The first-order chi connectivity index (χ1) is 10.2. The van der Waals surface area contributed by atoms with E-state index in [1.165, 1.54) is 24.2 Å². The van der Waals surface area contributed by atoms with Crippen molar-refractivity contribution < 1.29 is 9.53 Å². The van der Waals surface area contributed by atoms with Gasteiger partial charge in [0.1, 0.15) is 11.9 Å². The highest BCUT2D eigenvalue weighted by Crippen LogP contribution is 2.09. The minimum absolute atomic E-state index is 0.162. The van der Waals surface area contributed by atoms with Gasteiger partial charge < -0.3 is 10.1 Å². The minimum Gasteiger partial charge on any atom is -0.487 e. The number of amides is 1. The zero-order chi connectivity index (χ0) is 15.1. The summed E-state index contributed by atoms with van der Waals surface area (Å²) in [5, 5.41) is 3.42. The highest BCUT2D eigenvalue weighted by Gasteiger charge is 2.10. The van der Waals surface area contributed by atoms with Gasteiger partial charge in [-0.05, 0) is 25.3 Å². The van der Waals surface area contributed by atoms with Crippen LogP contribution in [0, 0.1) is 0 Å². The van der Waals surface area contributed by atoms with Crippen molar-refractivity contribution in [3.05, 3.63) is 42.5 Å². The van der Waals surface area contributed by atoms with Crippen LogP contribution in [-0.2, 0) is 0 Å². The molecule has 1 atom stereocenters. The molecule has 110 valence electrons. The quantitative estimate of drug-likeness (QED) is 0.647. The Balaban J connectivity index is 1.82. The Morgan fingerprint density at radius 3 is 2.76 bits per heavy atom. The minimum atomic E-state index is -0.218. The van der Waals surface area contributed by atoms with E-state index in [-0.39, 0.29) is 12.0 Å². The van der Waals surface area contributed by atoms with E-state index in [0.717, 1.165) is 0 Å². The maximum absolute atomic E-state index is 11.9. The number of nitrogens with zero attached hydrogens (tertiary/aromatic N) is 3. The lowest BCUT2D eigenvalue weighted by molar-refractivity contribution is 0.0931. The average Bonchev–Trinajstić information content (AvgIpc) is 2.53. The third-order valence-electron chi connectivity index (χ3n) is 2.59. The summed E-state index contributed by atoms with van der Waals surface area (Å²) in [6.07, 6.45) is 8.06. The lowest BCUT2D eigenvalue weighted by Gasteiger charge is -2.15. The molecule has 0 fully saturated rings. The molecule has 0 aromatic carbocycles. The van der Waals surface area contributed by atoms with Gasteiger partial charge in [-0.25, -0.2) is 9.97 Å². The van der Waals surface area contributed by atoms with E-state index in [9.17, 15) is 4.79 Å². The van der Waals surface area contributed by atoms with Crippen molar-refractivity contribution in [2.75, 3.05) is 12.8 Å². The molecule has 0 saturated carbocycles. The molecule has 21 heavy (non-hydrogen) atoms. The lowest BCUT2D eigenvalue weighted by Crippen LogP contribution is -2.33. The van der Waals surface area contributed by atoms with Crippen LogP contribution in [0.15, 0.2) is 42.1 Å². The van der Waals surface area contributed by atoms with Gasteiger partial charge in [0, 0.05) is 18.6 Å². The lowest BCUT2D eigenvalue weighted by atomic mass is 10.3. The summed E-state index contributed by atoms with van der Waals surface area (Å²) < 4.78 is 5.63. The maximum atomic E-state index is 11.9. The number of ether oxygens (including phenoxy) is 1. The molecule has 2 aromatic rings. The second-order valence-electron chi connectivity index (χ2n) is 4.29. The number of nitrogens with one attached hydrogen (secondary N) is 1. The van der Waals surface area contributed by atoms with Crippen LogP contribution in [0.2, 0.25) is 0 Å². The number of rotatable bonds is 6. The first-order valence-corrected chi connectivity index (χ1v) is 7.62. The van der Waals surface area contributed by atoms with Crippen LogP contribution in [0.5, 0.6) is 5.75 Å². The molecular weight excluding hydrogens is 288 g/mol. The largest absolute Gasteiger partial charge is 0.487 e. The topological polar surface area (TPSA) is 77.0 Å². The van der Waals surface area contributed by atoms with E-state index in [2.05, 4.69) is 20.3 Å². The van der Waals surface area contributed by atoms with Crippen LogP contribution in [0.1, 0.15) is 17.3 Å². The Morgan fingerprint density at radius 2 is 2.14 bits per heavy atom. The number of hydrogen-bond donors (Lipinski definition) is 1. The van der Waals surface area contributed by atoms with Gasteiger partial charge in [-0.2, -0.15) is 0 Å². The molecule has 0 radical (unpaired) electrons. The fourth-order valence-electron chi connectivity index (χ4n) is 1.57. The number of pyridine rings is 1. The van der Waals surface area contributed by atoms with Gasteiger partial charge in [0.25, 0.3) is 5.91 Å². The van der Waals surface area contributed by atoms with E-state index < -0.39 is 0 Å². The van der Waals surface area contributed by atoms with Crippen LogP contribution < -0.4 is 10.1 Å². The molecule has 1 N–H and O–H groups in total. The smallest absolute Gasteiger partial charge is 0.254 e. The van der Waals surface area contributed by atoms with Crippen molar-refractivity contribution in [3.63, 3.8) is 0 Å². The summed E-state index contributed by atoms with van der Waals surface area (Å²) in [7, 11) is 0. The van der Waals surface area contributed by atoms with Crippen molar-refractivity contribution in [1.82, 2.24) is 20.3 Å². The standard InChI is InChI=1S/C14H16N4O2S/c1-10(20-12-4-3-5-15-9-12)6-16-13(19)11-7-17-14(21-2)18-8-11/h3-5,7-10H,6H2,1-2H3,(H,16,19)/t10-/m1/s1. The molecule has 0 aliphatic carbocycles. The summed E-state index contributed by atoms with van der Waals surface area (Å²) in [6.45, 7) is 2.26. The number of carbonyl (C=O) groups is 1. The molecule has 0 unspecified atom stereocenters. The van der Waals surface area contributed by atoms with E-state index >= 15 is 0 Å². The Hall–Kier alpha value is -2.15. The summed E-state index contributed by atoms with van der Waals surface area (Å²) in [5.74, 6) is 0.455. The van der Waals surface area contributed by atoms with Gasteiger partial charge in [0.05, 0.1) is 18.3 Å². The molecular formula is C14H16N4O2S. The predicted molar refractivity (Wildman–Crippen MR) is 80.5 cm³/mol. The van der Waals surface area contributed by atoms with Crippen LogP contribution in [-0.4, -0.2) is 39.8 Å². The monoisotopic (exact) mass is 304 g/mol. The molecule has 1 amide bonds. The van der Waals surface area contributed by atoms with Gasteiger partial charge >= 0.3 is 0 Å². The predicted octanol–water partition coefficient (Wildman–Crippen LogP) is 1.79. The Labute approximate surface area is 127 Å². The number of thioether (sulfide) groups is 1. The van der Waals surface area contributed by atoms with Crippen LogP contribution >= 0.6 is 11.8 Å². The second-order valence-corrected chi connectivity index (χ2v) is 5.06. The molecule has 6 nitrogen and oxygen atoms in total. The zero-order valence-electron chi connectivity index (χ0n) is 11.8. The van der Waals surface area contributed by atoms with E-state index in [1.54, 1.807) is 18.5 Å². The van der Waals surface area contributed by atoms with E-state index in [4.69, 9.17) is 4.74 Å². The van der Waals surface area contributed by atoms with Gasteiger partial charge in [-0.15, -0.1) is 0 Å². The van der Waals surface area contributed by atoms with Gasteiger partial charge in [-0.3, -0.25) is 9.78 Å². The molecule has 2 heterocycles. The summed E-state index contributed by atoms with van der Waals surface area (Å²) >= 11 is 1.43. The normalized spacial score (nSPS) is 11.7. The second kappa shape index (κ2) is 7.58. The highest BCUT2D eigenvalue weighted by molar-refractivity contribution is 7.98. The first kappa shape index (κ1) is 15.2. The molecule has 7 heteroatoms. The Morgan fingerprint density at radius 1 is 1.38 bits per heavy atom. The van der Waals surface area contributed by atoms with Crippen LogP contribution in [0.25, 0.3) is 0 Å². The van der Waals surface area contributed by atoms with Crippen LogP contribution in [0.4, 0.5) is 0 Å². The first-order valence-electron chi connectivity index (χ1n) is 6.40. The van der Waals surface area contributed by atoms with Gasteiger partial charge in [0.2, 0.25) is 0 Å². The van der Waals surface area contributed by atoms with Crippen molar-refractivity contribution in [2.45, 2.75) is 18.2 Å². The molecule has 0 spiro atoms. The molecule has 0 bridgehead atoms. The summed E-state index contributed by atoms with van der Waals surface area (Å²) in [6, 6.07) is 3.62. The van der Waals surface area contributed by atoms with Crippen molar-refractivity contribution in [2.24, 2.45) is 0 Å². The van der Waals surface area contributed by atoms with Crippen molar-refractivity contribution in [3.8, 4) is 5.75 Å². The van der Waals surface area contributed by atoms with Crippen LogP contribution in [0.3, 0.4) is 0 Å². The number of carbonyl (C=O) groups excluding carboxylic acids is 1. The molecule has 0 aliphatic heterocycles. The Kier molecular flexibility index (Phi) is 5.51. The van der Waals surface area contributed by atoms with E-state index in [1.807, 2.05) is 19.2 Å². The third-order valence-corrected chi connectivity index (χ3v) is 3.17. The molecule has 2 aromatic heterocycles. The third kappa shape index (κ3) is 4.71. The number of hydrogen-bond acceptors (Lipinski definition) is 6. The SMILES string of the molecule is CSc1ncc(C(=O)NC[C@@H](C)Oc2cccnc2)cn1. The molecule has 2 rings (SSSR count). The number of aromatic nitrogens is 3.